The van der Waals surface area contributed by atoms with E-state index in [2.05, 4.69) is 14.9 Å². The minimum Gasteiger partial charge on any atom is -0.382 e. The Hall–Kier alpha value is -1.27. The Morgan fingerprint density at radius 3 is 2.45 bits per heavy atom. The molecule has 2 N–H and O–H groups in total. The van der Waals surface area contributed by atoms with Crippen molar-refractivity contribution in [2.24, 2.45) is 5.92 Å². The van der Waals surface area contributed by atoms with E-state index in [4.69, 9.17) is 0 Å². The minimum absolute atomic E-state index is 0.544. The second kappa shape index (κ2) is 5.26. The van der Waals surface area contributed by atoms with Gasteiger partial charge in [-0.05, 0) is 49.6 Å². The number of sulfonamides is 1. The molecule has 0 radical (unpaired) electrons. The van der Waals surface area contributed by atoms with Crippen LogP contribution in [0.5, 0.6) is 0 Å². The van der Waals surface area contributed by atoms with Crippen molar-refractivity contribution >= 4 is 21.4 Å². The van der Waals surface area contributed by atoms with Crippen LogP contribution >= 0.6 is 0 Å². The van der Waals surface area contributed by atoms with Crippen molar-refractivity contribution < 1.29 is 8.42 Å². The molecule has 1 aromatic rings. The van der Waals surface area contributed by atoms with Crippen LogP contribution in [0, 0.1) is 5.92 Å². The van der Waals surface area contributed by atoms with E-state index < -0.39 is 10.0 Å². The van der Waals surface area contributed by atoms with Crippen molar-refractivity contribution in [3.63, 3.8) is 0 Å². The van der Waals surface area contributed by atoms with Gasteiger partial charge < -0.3 is 10.2 Å². The van der Waals surface area contributed by atoms with Gasteiger partial charge in [-0.25, -0.2) is 8.42 Å². The van der Waals surface area contributed by atoms with Gasteiger partial charge in [0.25, 0.3) is 0 Å². The summed E-state index contributed by atoms with van der Waals surface area (Å²) in [4.78, 5) is 2.53. The molecule has 2 fully saturated rings. The molecule has 0 spiro atoms. The minimum atomic E-state index is -3.20. The Labute approximate surface area is 120 Å². The summed E-state index contributed by atoms with van der Waals surface area (Å²) >= 11 is 0. The van der Waals surface area contributed by atoms with Gasteiger partial charge in [0.2, 0.25) is 10.0 Å². The molecule has 2 saturated heterocycles. The molecular weight excluding hydrogens is 274 g/mol. The molecule has 0 saturated carbocycles. The number of fused-ring (bicyclic) bond motifs is 2. The van der Waals surface area contributed by atoms with Crippen LogP contribution in [0.25, 0.3) is 0 Å². The van der Waals surface area contributed by atoms with Crippen LogP contribution in [0.3, 0.4) is 0 Å². The van der Waals surface area contributed by atoms with E-state index in [1.807, 2.05) is 12.1 Å². The van der Waals surface area contributed by atoms with Crippen LogP contribution in [-0.2, 0) is 10.0 Å². The van der Waals surface area contributed by atoms with Crippen molar-refractivity contribution in [1.82, 2.24) is 4.90 Å². The molecule has 2 aliphatic heterocycles. The first kappa shape index (κ1) is 13.7. The number of hydrogen-bond acceptors (Lipinski definition) is 4. The highest BCUT2D eigenvalue weighted by Crippen LogP contribution is 2.29. The molecule has 2 bridgehead atoms. The van der Waals surface area contributed by atoms with E-state index in [9.17, 15) is 8.42 Å². The van der Waals surface area contributed by atoms with Gasteiger partial charge in [0.1, 0.15) is 0 Å². The lowest BCUT2D eigenvalue weighted by Gasteiger charge is -2.31. The number of anilines is 2. The lowest BCUT2D eigenvalue weighted by Crippen LogP contribution is -2.39. The van der Waals surface area contributed by atoms with E-state index in [1.165, 1.54) is 32.5 Å². The Bertz CT molecular complexity index is 571. The Morgan fingerprint density at radius 1 is 1.10 bits per heavy atom. The van der Waals surface area contributed by atoms with Gasteiger partial charge in [0.05, 0.1) is 6.26 Å². The van der Waals surface area contributed by atoms with Crippen LogP contribution in [0.1, 0.15) is 12.8 Å². The SMILES string of the molecule is CS(=O)(=O)Nc1ccc(NC2CCN3CCC2C3)cc1. The summed E-state index contributed by atoms with van der Waals surface area (Å²) in [5, 5.41) is 3.59. The zero-order valence-electron chi connectivity index (χ0n) is 11.7. The third-order valence-corrected chi connectivity index (χ3v) is 4.78. The average Bonchev–Trinajstić information content (AvgIpc) is 2.76. The third-order valence-electron chi connectivity index (χ3n) is 4.17. The monoisotopic (exact) mass is 295 g/mol. The maximum Gasteiger partial charge on any atom is 0.229 e. The topological polar surface area (TPSA) is 61.4 Å². The largest absolute Gasteiger partial charge is 0.382 e. The Morgan fingerprint density at radius 2 is 1.75 bits per heavy atom. The first-order chi connectivity index (χ1) is 9.49. The van der Waals surface area contributed by atoms with Crippen molar-refractivity contribution in [2.75, 3.05) is 35.9 Å². The van der Waals surface area contributed by atoms with Gasteiger partial charge in [0.15, 0.2) is 0 Å². The van der Waals surface area contributed by atoms with Crippen molar-refractivity contribution in [3.05, 3.63) is 24.3 Å². The molecule has 110 valence electrons. The fourth-order valence-electron chi connectivity index (χ4n) is 3.20. The highest BCUT2D eigenvalue weighted by molar-refractivity contribution is 7.92. The Balaban J connectivity index is 1.63. The van der Waals surface area contributed by atoms with Gasteiger partial charge in [-0.2, -0.15) is 0 Å². The van der Waals surface area contributed by atoms with Gasteiger partial charge in [-0.1, -0.05) is 0 Å². The van der Waals surface area contributed by atoms with Gasteiger partial charge in [-0.15, -0.1) is 0 Å². The number of hydrogen-bond donors (Lipinski definition) is 2. The molecule has 20 heavy (non-hydrogen) atoms. The number of benzene rings is 1. The third kappa shape index (κ3) is 3.24. The smallest absolute Gasteiger partial charge is 0.229 e. The molecular formula is C14H21N3O2S. The number of nitrogens with one attached hydrogen (secondary N) is 2. The van der Waals surface area contributed by atoms with Crippen LogP contribution < -0.4 is 10.0 Å². The normalized spacial score (nSPS) is 29.1. The first-order valence-electron chi connectivity index (χ1n) is 7.06. The fraction of sp³-hybridized carbons (Fsp3) is 0.571. The zero-order valence-corrected chi connectivity index (χ0v) is 12.5. The molecule has 5 nitrogen and oxygen atoms in total. The lowest BCUT2D eigenvalue weighted by atomic mass is 9.94. The summed E-state index contributed by atoms with van der Waals surface area (Å²) in [7, 11) is -3.20. The maximum absolute atomic E-state index is 11.2. The molecule has 0 aromatic heterocycles. The second-order valence-corrected chi connectivity index (χ2v) is 7.59. The van der Waals surface area contributed by atoms with E-state index in [0.29, 0.717) is 11.7 Å². The fourth-order valence-corrected chi connectivity index (χ4v) is 3.77. The predicted molar refractivity (Wildman–Crippen MR) is 81.5 cm³/mol. The predicted octanol–water partition coefficient (Wildman–Crippen LogP) is 1.56. The maximum atomic E-state index is 11.2. The average molecular weight is 295 g/mol. The van der Waals surface area contributed by atoms with Crippen LogP contribution in [0.15, 0.2) is 24.3 Å². The van der Waals surface area contributed by atoms with E-state index in [-0.39, 0.29) is 0 Å². The standard InChI is InChI=1S/C14H21N3O2S/c1-20(18,19)16-13-4-2-12(3-5-13)15-14-7-9-17-8-6-11(14)10-17/h2-5,11,14-16H,6-10H2,1H3. The number of nitrogens with zero attached hydrogens (tertiary/aromatic N) is 1. The molecule has 2 aliphatic rings. The molecule has 0 aliphatic carbocycles. The molecule has 0 amide bonds. The van der Waals surface area contributed by atoms with E-state index in [1.54, 1.807) is 12.1 Å². The van der Waals surface area contributed by atoms with Crippen molar-refractivity contribution in [2.45, 2.75) is 18.9 Å². The lowest BCUT2D eigenvalue weighted by molar-refractivity contribution is 0.255. The summed E-state index contributed by atoms with van der Waals surface area (Å²) in [6.45, 7) is 3.63. The summed E-state index contributed by atoms with van der Waals surface area (Å²) in [5.41, 5.74) is 1.67. The van der Waals surface area contributed by atoms with Gasteiger partial charge >= 0.3 is 0 Å². The van der Waals surface area contributed by atoms with Crippen LogP contribution in [0.4, 0.5) is 11.4 Å². The van der Waals surface area contributed by atoms with Crippen LogP contribution in [0.2, 0.25) is 0 Å². The quantitative estimate of drug-likeness (QED) is 0.885. The summed E-state index contributed by atoms with van der Waals surface area (Å²) in [6, 6.07) is 8.02. The molecule has 1 aromatic carbocycles. The number of rotatable bonds is 4. The van der Waals surface area contributed by atoms with Crippen LogP contribution in [-0.4, -0.2) is 45.2 Å². The highest BCUT2D eigenvalue weighted by atomic mass is 32.2. The van der Waals surface area contributed by atoms with E-state index >= 15 is 0 Å². The number of piperidine rings is 1. The highest BCUT2D eigenvalue weighted by Gasteiger charge is 2.33. The van der Waals surface area contributed by atoms with Gasteiger partial charge in [-0.3, -0.25) is 4.72 Å². The first-order valence-corrected chi connectivity index (χ1v) is 8.95. The van der Waals surface area contributed by atoms with E-state index in [0.717, 1.165) is 17.9 Å². The molecule has 3 atom stereocenters. The molecule has 3 rings (SSSR count). The summed E-state index contributed by atoms with van der Waals surface area (Å²) in [5.74, 6) is 0.748. The molecule has 3 unspecified atom stereocenters. The summed E-state index contributed by atoms with van der Waals surface area (Å²) in [6.07, 6.45) is 3.63. The second-order valence-electron chi connectivity index (χ2n) is 5.84. The summed E-state index contributed by atoms with van der Waals surface area (Å²) < 4.78 is 24.8. The molecule has 2 heterocycles. The van der Waals surface area contributed by atoms with Crippen molar-refractivity contribution in [3.8, 4) is 0 Å². The Kier molecular flexibility index (Phi) is 3.60. The zero-order chi connectivity index (χ0) is 14.2. The molecule has 6 heteroatoms. The van der Waals surface area contributed by atoms with Gasteiger partial charge in [0, 0.05) is 30.5 Å². The van der Waals surface area contributed by atoms with Crippen molar-refractivity contribution in [1.29, 1.82) is 0 Å².